The molecule has 0 aliphatic heterocycles. The summed E-state index contributed by atoms with van der Waals surface area (Å²) >= 11 is 0. The number of benzene rings is 1. The molecule has 1 aromatic heterocycles. The highest BCUT2D eigenvalue weighted by molar-refractivity contribution is 5.92. The number of para-hydroxylation sites is 2. The number of nitrogens with two attached hydrogens (primary N) is 2. The minimum Gasteiger partial charge on any atom is -0.490 e. The van der Waals surface area contributed by atoms with E-state index in [2.05, 4.69) is 5.10 Å². The van der Waals surface area contributed by atoms with Crippen molar-refractivity contribution in [3.8, 4) is 5.75 Å². The van der Waals surface area contributed by atoms with Crippen LogP contribution in [0.3, 0.4) is 0 Å². The molecule has 0 bridgehead atoms. The predicted molar refractivity (Wildman–Crippen MR) is 67.1 cm³/mol. The van der Waals surface area contributed by atoms with E-state index in [1.807, 2.05) is 12.1 Å². The summed E-state index contributed by atoms with van der Waals surface area (Å²) in [4.78, 5) is 10.9. The lowest BCUT2D eigenvalue weighted by Gasteiger charge is -2.08. The summed E-state index contributed by atoms with van der Waals surface area (Å²) < 4.78 is 7.10. The van der Waals surface area contributed by atoms with E-state index >= 15 is 0 Å². The van der Waals surface area contributed by atoms with Crippen LogP contribution in [0.4, 0.5) is 5.69 Å². The van der Waals surface area contributed by atoms with Crippen LogP contribution < -0.4 is 16.2 Å². The van der Waals surface area contributed by atoms with Crippen molar-refractivity contribution in [3.05, 3.63) is 42.2 Å². The first-order chi connectivity index (χ1) is 8.66. The zero-order valence-corrected chi connectivity index (χ0v) is 9.74. The Hall–Kier alpha value is -2.50. The molecule has 0 atom stereocenters. The quantitative estimate of drug-likeness (QED) is 0.757. The van der Waals surface area contributed by atoms with Crippen LogP contribution in [0.15, 0.2) is 36.7 Å². The number of carbonyl (C=O) groups is 1. The molecule has 6 nitrogen and oxygen atoms in total. The van der Waals surface area contributed by atoms with Gasteiger partial charge in [0.25, 0.3) is 5.91 Å². The molecule has 2 aromatic rings. The van der Waals surface area contributed by atoms with E-state index in [0.717, 1.165) is 0 Å². The minimum atomic E-state index is -0.491. The molecule has 94 valence electrons. The summed E-state index contributed by atoms with van der Waals surface area (Å²) in [6.07, 6.45) is 3.01. The van der Waals surface area contributed by atoms with Gasteiger partial charge in [0.2, 0.25) is 0 Å². The van der Waals surface area contributed by atoms with Crippen LogP contribution in [0.25, 0.3) is 0 Å². The summed E-state index contributed by atoms with van der Waals surface area (Å²) in [5.74, 6) is 0.147. The Morgan fingerprint density at radius 3 is 2.83 bits per heavy atom. The third-order valence-electron chi connectivity index (χ3n) is 2.41. The molecule has 0 fully saturated rings. The van der Waals surface area contributed by atoms with Gasteiger partial charge in [0.05, 0.1) is 24.0 Å². The van der Waals surface area contributed by atoms with Crippen LogP contribution in [0, 0.1) is 0 Å². The smallest absolute Gasteiger partial charge is 0.251 e. The molecule has 0 saturated carbocycles. The number of aromatic nitrogens is 2. The van der Waals surface area contributed by atoms with Crippen molar-refractivity contribution < 1.29 is 9.53 Å². The second-order valence-corrected chi connectivity index (χ2v) is 3.74. The Morgan fingerprint density at radius 1 is 1.39 bits per heavy atom. The first kappa shape index (κ1) is 12.0. The zero-order chi connectivity index (χ0) is 13.0. The molecule has 0 saturated heterocycles. The van der Waals surface area contributed by atoms with Gasteiger partial charge >= 0.3 is 0 Å². The van der Waals surface area contributed by atoms with E-state index in [9.17, 15) is 4.79 Å². The van der Waals surface area contributed by atoms with Crippen LogP contribution >= 0.6 is 0 Å². The Kier molecular flexibility index (Phi) is 3.47. The summed E-state index contributed by atoms with van der Waals surface area (Å²) in [5, 5.41) is 4.00. The van der Waals surface area contributed by atoms with Crippen molar-refractivity contribution in [1.29, 1.82) is 0 Å². The van der Waals surface area contributed by atoms with Gasteiger partial charge in [-0.25, -0.2) is 0 Å². The molecular weight excluding hydrogens is 232 g/mol. The number of ether oxygens (including phenoxy) is 1. The van der Waals surface area contributed by atoms with Gasteiger partial charge in [-0.15, -0.1) is 0 Å². The number of hydrogen-bond acceptors (Lipinski definition) is 4. The highest BCUT2D eigenvalue weighted by Crippen LogP contribution is 2.19. The summed E-state index contributed by atoms with van der Waals surface area (Å²) in [7, 11) is 0. The summed E-state index contributed by atoms with van der Waals surface area (Å²) in [6, 6.07) is 7.27. The third kappa shape index (κ3) is 2.79. The number of primary amides is 1. The Bertz CT molecular complexity index is 551. The first-order valence-electron chi connectivity index (χ1n) is 5.46. The van der Waals surface area contributed by atoms with Crippen molar-refractivity contribution in [2.75, 3.05) is 12.3 Å². The number of hydrogen-bond donors (Lipinski definition) is 2. The Balaban J connectivity index is 1.88. The van der Waals surface area contributed by atoms with Crippen LogP contribution in [0.1, 0.15) is 10.4 Å². The third-order valence-corrected chi connectivity index (χ3v) is 2.41. The monoisotopic (exact) mass is 246 g/mol. The average molecular weight is 246 g/mol. The largest absolute Gasteiger partial charge is 0.490 e. The fourth-order valence-electron chi connectivity index (χ4n) is 1.47. The van der Waals surface area contributed by atoms with Crippen molar-refractivity contribution in [3.63, 3.8) is 0 Å². The topological polar surface area (TPSA) is 96.2 Å². The molecule has 18 heavy (non-hydrogen) atoms. The SMILES string of the molecule is NC(=O)c1cnn(CCOc2ccccc2N)c1. The van der Waals surface area contributed by atoms with E-state index in [0.29, 0.717) is 30.2 Å². The molecule has 0 spiro atoms. The standard InChI is InChI=1S/C12H14N4O2/c13-10-3-1-2-4-11(10)18-6-5-16-8-9(7-15-16)12(14)17/h1-4,7-8H,5-6,13H2,(H2,14,17). The molecule has 4 N–H and O–H groups in total. The van der Waals surface area contributed by atoms with Gasteiger partial charge in [0.1, 0.15) is 12.4 Å². The van der Waals surface area contributed by atoms with Crippen LogP contribution in [-0.4, -0.2) is 22.3 Å². The van der Waals surface area contributed by atoms with E-state index in [1.165, 1.54) is 6.20 Å². The first-order valence-corrected chi connectivity index (χ1v) is 5.46. The molecule has 1 aromatic carbocycles. The van der Waals surface area contributed by atoms with Crippen molar-refractivity contribution in [2.45, 2.75) is 6.54 Å². The van der Waals surface area contributed by atoms with Gasteiger partial charge < -0.3 is 16.2 Å². The second-order valence-electron chi connectivity index (χ2n) is 3.74. The van der Waals surface area contributed by atoms with Gasteiger partial charge in [-0.1, -0.05) is 12.1 Å². The zero-order valence-electron chi connectivity index (χ0n) is 9.74. The number of carbonyl (C=O) groups excluding carboxylic acids is 1. The molecule has 0 aliphatic rings. The fourth-order valence-corrected chi connectivity index (χ4v) is 1.47. The van der Waals surface area contributed by atoms with E-state index in [1.54, 1.807) is 23.0 Å². The molecular formula is C12H14N4O2. The maximum Gasteiger partial charge on any atom is 0.251 e. The molecule has 1 heterocycles. The van der Waals surface area contributed by atoms with E-state index in [4.69, 9.17) is 16.2 Å². The van der Waals surface area contributed by atoms with Crippen molar-refractivity contribution in [1.82, 2.24) is 9.78 Å². The van der Waals surface area contributed by atoms with Crippen LogP contribution in [0.5, 0.6) is 5.75 Å². The summed E-state index contributed by atoms with van der Waals surface area (Å²) in [5.41, 5.74) is 11.8. The van der Waals surface area contributed by atoms with Crippen LogP contribution in [0.2, 0.25) is 0 Å². The van der Waals surface area contributed by atoms with Crippen molar-refractivity contribution in [2.24, 2.45) is 5.73 Å². The molecule has 0 aliphatic carbocycles. The van der Waals surface area contributed by atoms with Crippen molar-refractivity contribution >= 4 is 11.6 Å². The predicted octanol–water partition coefficient (Wildman–Crippen LogP) is 0.643. The Morgan fingerprint density at radius 2 is 2.17 bits per heavy atom. The fraction of sp³-hybridized carbons (Fsp3) is 0.167. The molecule has 0 unspecified atom stereocenters. The maximum atomic E-state index is 10.9. The number of nitrogen functional groups attached to an aromatic ring is 1. The van der Waals surface area contributed by atoms with Gasteiger partial charge in [-0.05, 0) is 12.1 Å². The number of anilines is 1. The highest BCUT2D eigenvalue weighted by atomic mass is 16.5. The number of rotatable bonds is 5. The maximum absolute atomic E-state index is 10.9. The lowest BCUT2D eigenvalue weighted by Crippen LogP contribution is -2.11. The summed E-state index contributed by atoms with van der Waals surface area (Å²) in [6.45, 7) is 0.926. The second kappa shape index (κ2) is 5.22. The molecule has 6 heteroatoms. The van der Waals surface area contributed by atoms with Crippen LogP contribution in [-0.2, 0) is 6.54 Å². The normalized spacial score (nSPS) is 10.2. The highest BCUT2D eigenvalue weighted by Gasteiger charge is 2.04. The molecule has 2 rings (SSSR count). The van der Waals surface area contributed by atoms with Gasteiger partial charge in [-0.2, -0.15) is 5.10 Å². The lowest BCUT2D eigenvalue weighted by molar-refractivity contribution is 0.1000. The van der Waals surface area contributed by atoms with Gasteiger partial charge in [0.15, 0.2) is 0 Å². The van der Waals surface area contributed by atoms with Gasteiger partial charge in [-0.3, -0.25) is 9.48 Å². The van der Waals surface area contributed by atoms with E-state index < -0.39 is 5.91 Å². The number of amides is 1. The Labute approximate surface area is 104 Å². The molecule has 0 radical (unpaired) electrons. The van der Waals surface area contributed by atoms with E-state index in [-0.39, 0.29) is 0 Å². The molecule has 1 amide bonds. The minimum absolute atomic E-state index is 0.384. The lowest BCUT2D eigenvalue weighted by atomic mass is 10.3. The van der Waals surface area contributed by atoms with Gasteiger partial charge in [0, 0.05) is 6.20 Å². The number of nitrogens with zero attached hydrogens (tertiary/aromatic N) is 2. The average Bonchev–Trinajstić information content (AvgIpc) is 2.80.